The molecular weight excluding hydrogens is 414 g/mol. The van der Waals surface area contributed by atoms with E-state index in [1.165, 1.54) is 21.7 Å². The molecule has 0 spiro atoms. The van der Waals surface area contributed by atoms with E-state index in [1.54, 1.807) is 34.9 Å². The van der Waals surface area contributed by atoms with E-state index in [4.69, 9.17) is 0 Å². The highest BCUT2D eigenvalue weighted by molar-refractivity contribution is 7.89. The molecule has 3 aromatic rings. The molecular formula is C19H19N3O3S3. The summed E-state index contributed by atoms with van der Waals surface area (Å²) in [5, 5.41) is 9.11. The Morgan fingerprint density at radius 3 is 2.61 bits per heavy atom. The van der Waals surface area contributed by atoms with E-state index < -0.39 is 15.9 Å². The molecule has 1 aliphatic heterocycles. The van der Waals surface area contributed by atoms with Crippen molar-refractivity contribution in [2.45, 2.75) is 24.2 Å². The van der Waals surface area contributed by atoms with Gasteiger partial charge in [-0.25, -0.2) is 13.4 Å². The van der Waals surface area contributed by atoms with Crippen molar-refractivity contribution in [1.82, 2.24) is 9.29 Å². The normalized spacial score (nSPS) is 15.4. The van der Waals surface area contributed by atoms with E-state index in [0.29, 0.717) is 13.1 Å². The minimum absolute atomic E-state index is 0.124. The van der Waals surface area contributed by atoms with Crippen molar-refractivity contribution in [3.8, 4) is 10.6 Å². The van der Waals surface area contributed by atoms with Crippen LogP contribution in [0.3, 0.4) is 0 Å². The SMILES string of the molecule is O=C(Nc1ccccc1S(=O)(=O)N1CCCCC1)c1csc(-c2ccsc2)n1. The third kappa shape index (κ3) is 3.88. The summed E-state index contributed by atoms with van der Waals surface area (Å²) in [7, 11) is -3.65. The minimum Gasteiger partial charge on any atom is -0.319 e. The highest BCUT2D eigenvalue weighted by Gasteiger charge is 2.28. The molecule has 9 heteroatoms. The van der Waals surface area contributed by atoms with Crippen LogP contribution in [0, 0.1) is 0 Å². The molecule has 0 atom stereocenters. The second-order valence-electron chi connectivity index (χ2n) is 6.46. The summed E-state index contributed by atoms with van der Waals surface area (Å²) in [4.78, 5) is 17.2. The number of amides is 1. The van der Waals surface area contributed by atoms with Crippen molar-refractivity contribution >= 4 is 44.3 Å². The summed E-state index contributed by atoms with van der Waals surface area (Å²) < 4.78 is 27.6. The number of hydrogen-bond acceptors (Lipinski definition) is 6. The van der Waals surface area contributed by atoms with Gasteiger partial charge in [0.1, 0.15) is 15.6 Å². The Morgan fingerprint density at radius 1 is 1.07 bits per heavy atom. The van der Waals surface area contributed by atoms with Crippen molar-refractivity contribution in [3.63, 3.8) is 0 Å². The van der Waals surface area contributed by atoms with Gasteiger partial charge in [0.05, 0.1) is 5.69 Å². The lowest BCUT2D eigenvalue weighted by atomic mass is 10.2. The molecule has 1 fully saturated rings. The Labute approximate surface area is 171 Å². The number of sulfonamides is 1. The molecule has 0 unspecified atom stereocenters. The van der Waals surface area contributed by atoms with E-state index in [2.05, 4.69) is 10.3 Å². The van der Waals surface area contributed by atoms with Gasteiger partial charge in [-0.05, 0) is 36.4 Å². The highest BCUT2D eigenvalue weighted by atomic mass is 32.2. The fraction of sp³-hybridized carbons (Fsp3) is 0.263. The van der Waals surface area contributed by atoms with Crippen molar-refractivity contribution in [2.75, 3.05) is 18.4 Å². The third-order valence-electron chi connectivity index (χ3n) is 4.57. The van der Waals surface area contributed by atoms with Crippen LogP contribution in [0.15, 0.2) is 51.4 Å². The van der Waals surface area contributed by atoms with E-state index in [-0.39, 0.29) is 16.3 Å². The van der Waals surface area contributed by atoms with Gasteiger partial charge in [0.15, 0.2) is 0 Å². The number of para-hydroxylation sites is 1. The van der Waals surface area contributed by atoms with Crippen LogP contribution in [0.4, 0.5) is 5.69 Å². The Balaban J connectivity index is 1.58. The number of nitrogens with one attached hydrogen (secondary N) is 1. The molecule has 0 bridgehead atoms. The Bertz CT molecular complexity index is 1070. The lowest BCUT2D eigenvalue weighted by Gasteiger charge is -2.26. The molecule has 1 N–H and O–H groups in total. The van der Waals surface area contributed by atoms with Gasteiger partial charge in [-0.1, -0.05) is 18.6 Å². The number of rotatable bonds is 5. The Morgan fingerprint density at radius 2 is 1.86 bits per heavy atom. The summed E-state index contributed by atoms with van der Waals surface area (Å²) in [6.07, 6.45) is 2.76. The summed E-state index contributed by atoms with van der Waals surface area (Å²) in [6.45, 7) is 1.03. The number of aromatic nitrogens is 1. The topological polar surface area (TPSA) is 79.4 Å². The van der Waals surface area contributed by atoms with Crippen LogP contribution in [0.2, 0.25) is 0 Å². The molecule has 28 heavy (non-hydrogen) atoms. The fourth-order valence-electron chi connectivity index (χ4n) is 3.12. The average molecular weight is 434 g/mol. The molecule has 2 aromatic heterocycles. The van der Waals surface area contributed by atoms with Crippen LogP contribution in [-0.4, -0.2) is 36.7 Å². The van der Waals surface area contributed by atoms with E-state index in [0.717, 1.165) is 29.8 Å². The zero-order valence-corrected chi connectivity index (χ0v) is 17.4. The second-order valence-corrected chi connectivity index (χ2v) is 10.0. The smallest absolute Gasteiger partial charge is 0.275 e. The lowest BCUT2D eigenvalue weighted by Crippen LogP contribution is -2.36. The van der Waals surface area contributed by atoms with Crippen LogP contribution in [0.5, 0.6) is 0 Å². The van der Waals surface area contributed by atoms with Gasteiger partial charge in [-0.15, -0.1) is 11.3 Å². The van der Waals surface area contributed by atoms with Crippen molar-refractivity contribution in [2.24, 2.45) is 0 Å². The molecule has 0 aliphatic carbocycles. The van der Waals surface area contributed by atoms with Crippen LogP contribution in [-0.2, 0) is 10.0 Å². The molecule has 1 amide bonds. The first-order valence-electron chi connectivity index (χ1n) is 8.94. The summed E-state index contributed by atoms with van der Waals surface area (Å²) >= 11 is 2.95. The lowest BCUT2D eigenvalue weighted by molar-refractivity contribution is 0.102. The molecule has 1 aliphatic rings. The monoisotopic (exact) mass is 433 g/mol. The van der Waals surface area contributed by atoms with Gasteiger partial charge in [0.25, 0.3) is 5.91 Å². The van der Waals surface area contributed by atoms with Gasteiger partial charge < -0.3 is 5.32 Å². The maximum Gasteiger partial charge on any atom is 0.275 e. The number of thiazole rings is 1. The van der Waals surface area contributed by atoms with Gasteiger partial charge in [0.2, 0.25) is 10.0 Å². The second kappa shape index (κ2) is 8.12. The van der Waals surface area contributed by atoms with Gasteiger partial charge in [-0.2, -0.15) is 15.6 Å². The van der Waals surface area contributed by atoms with Crippen molar-refractivity contribution in [3.05, 3.63) is 52.2 Å². The number of carbonyl (C=O) groups is 1. The third-order valence-corrected chi connectivity index (χ3v) is 8.10. The molecule has 1 saturated heterocycles. The van der Waals surface area contributed by atoms with Gasteiger partial charge in [-0.3, -0.25) is 4.79 Å². The first-order chi connectivity index (χ1) is 13.6. The summed E-state index contributed by atoms with van der Waals surface area (Å²) in [5.41, 5.74) is 1.53. The first kappa shape index (κ1) is 19.3. The number of thiophene rings is 1. The quantitative estimate of drug-likeness (QED) is 0.651. The Kier molecular flexibility index (Phi) is 5.58. The summed E-state index contributed by atoms with van der Waals surface area (Å²) in [6, 6.07) is 8.48. The van der Waals surface area contributed by atoms with Crippen LogP contribution < -0.4 is 5.32 Å². The zero-order valence-electron chi connectivity index (χ0n) is 15.0. The minimum atomic E-state index is -3.65. The van der Waals surface area contributed by atoms with E-state index in [9.17, 15) is 13.2 Å². The zero-order chi connectivity index (χ0) is 19.6. The van der Waals surface area contributed by atoms with E-state index >= 15 is 0 Å². The molecule has 0 saturated carbocycles. The largest absolute Gasteiger partial charge is 0.319 e. The van der Waals surface area contributed by atoms with Crippen molar-refractivity contribution in [1.29, 1.82) is 0 Å². The molecule has 146 valence electrons. The highest BCUT2D eigenvalue weighted by Crippen LogP contribution is 2.29. The Hall–Kier alpha value is -2.07. The maximum atomic E-state index is 13.0. The number of nitrogens with zero attached hydrogens (tertiary/aromatic N) is 2. The molecule has 0 radical (unpaired) electrons. The van der Waals surface area contributed by atoms with E-state index in [1.807, 2.05) is 16.8 Å². The molecule has 3 heterocycles. The molecule has 6 nitrogen and oxygen atoms in total. The predicted molar refractivity (Wildman–Crippen MR) is 112 cm³/mol. The van der Waals surface area contributed by atoms with Crippen molar-refractivity contribution < 1.29 is 13.2 Å². The standard InChI is InChI=1S/C19H19N3O3S3/c23-18(16-13-27-19(21-16)14-8-11-26-12-14)20-15-6-2-3-7-17(15)28(24,25)22-9-4-1-5-10-22/h2-3,6-8,11-13H,1,4-5,9-10H2,(H,20,23). The number of hydrogen-bond donors (Lipinski definition) is 1. The van der Waals surface area contributed by atoms with Gasteiger partial charge in [0, 0.05) is 29.4 Å². The number of anilines is 1. The first-order valence-corrected chi connectivity index (χ1v) is 12.2. The molecule has 1 aromatic carbocycles. The molecule has 4 rings (SSSR count). The maximum absolute atomic E-state index is 13.0. The predicted octanol–water partition coefficient (Wildman–Crippen LogP) is 4.30. The fourth-order valence-corrected chi connectivity index (χ4v) is 6.30. The number of piperidine rings is 1. The van der Waals surface area contributed by atoms with Crippen LogP contribution in [0.25, 0.3) is 10.6 Å². The average Bonchev–Trinajstić information content (AvgIpc) is 3.41. The van der Waals surface area contributed by atoms with Crippen LogP contribution >= 0.6 is 22.7 Å². The number of benzene rings is 1. The van der Waals surface area contributed by atoms with Crippen LogP contribution in [0.1, 0.15) is 29.8 Å². The number of carbonyl (C=O) groups excluding carboxylic acids is 1. The summed E-state index contributed by atoms with van der Waals surface area (Å²) in [5.74, 6) is -0.418. The van der Waals surface area contributed by atoms with Gasteiger partial charge >= 0.3 is 0 Å².